The number of aromatic nitrogens is 1. The summed E-state index contributed by atoms with van der Waals surface area (Å²) in [6.07, 6.45) is 4.12. The molecule has 3 aromatic rings. The summed E-state index contributed by atoms with van der Waals surface area (Å²) in [5, 5.41) is 0. The molecule has 2 aliphatic heterocycles. The Bertz CT molecular complexity index is 1280. The normalized spacial score (nSPS) is 17.0. The molecule has 3 heterocycles. The van der Waals surface area contributed by atoms with Crippen LogP contribution in [0.1, 0.15) is 38.7 Å². The van der Waals surface area contributed by atoms with Crippen LogP contribution in [-0.2, 0) is 11.3 Å². The van der Waals surface area contributed by atoms with E-state index < -0.39 is 0 Å². The smallest absolute Gasteiger partial charge is 0.228 e. The lowest BCUT2D eigenvalue weighted by Crippen LogP contribution is -2.41. The molecule has 2 saturated heterocycles. The highest BCUT2D eigenvalue weighted by molar-refractivity contribution is 5.96. The number of amides is 1. The van der Waals surface area contributed by atoms with Crippen LogP contribution in [0.4, 0.5) is 10.2 Å². The highest BCUT2D eigenvalue weighted by Gasteiger charge is 2.46. The fraction of sp³-hybridized carbons (Fsp3) is 0.419. The zero-order chi connectivity index (χ0) is 27.4. The maximum absolute atomic E-state index is 13.6. The Morgan fingerprint density at radius 2 is 1.64 bits per heavy atom. The van der Waals surface area contributed by atoms with Gasteiger partial charge in [-0.05, 0) is 92.7 Å². The van der Waals surface area contributed by atoms with Crippen molar-refractivity contribution in [3.05, 3.63) is 66.1 Å². The Hall–Kier alpha value is -3.65. The van der Waals surface area contributed by atoms with Crippen LogP contribution < -0.4 is 19.1 Å². The monoisotopic (exact) mass is 533 g/mol. The van der Waals surface area contributed by atoms with E-state index in [1.165, 1.54) is 12.1 Å². The molecule has 1 aromatic heterocycles. The summed E-state index contributed by atoms with van der Waals surface area (Å²) in [4.78, 5) is 21.7. The van der Waals surface area contributed by atoms with E-state index >= 15 is 0 Å². The Morgan fingerprint density at radius 3 is 2.26 bits per heavy atom. The number of rotatable bonds is 9. The van der Waals surface area contributed by atoms with Gasteiger partial charge in [0, 0.05) is 25.7 Å². The second kappa shape index (κ2) is 11.6. The molecule has 0 unspecified atom stereocenters. The predicted molar refractivity (Wildman–Crippen MR) is 149 cm³/mol. The number of piperidine rings is 1. The average molecular weight is 534 g/mol. The molecule has 0 N–H and O–H groups in total. The SMILES string of the molecule is CCOc1cc(CN2CCC3(CC2)CC(=O)N(c2ncccc2OC)C3)cc(OCC)c1-c1ccc(F)cc1. The van der Waals surface area contributed by atoms with E-state index in [4.69, 9.17) is 14.2 Å². The number of carbonyl (C=O) groups is 1. The first kappa shape index (κ1) is 26.9. The van der Waals surface area contributed by atoms with Crippen molar-refractivity contribution in [2.45, 2.75) is 39.7 Å². The van der Waals surface area contributed by atoms with Crippen molar-refractivity contribution < 1.29 is 23.4 Å². The van der Waals surface area contributed by atoms with Crippen LogP contribution in [-0.4, -0.2) is 55.7 Å². The molecule has 206 valence electrons. The number of anilines is 1. The fourth-order valence-electron chi connectivity index (χ4n) is 5.79. The van der Waals surface area contributed by atoms with Crippen LogP contribution in [0.2, 0.25) is 0 Å². The first-order valence-electron chi connectivity index (χ1n) is 13.7. The molecule has 0 bridgehead atoms. The van der Waals surface area contributed by atoms with E-state index in [0.717, 1.165) is 60.7 Å². The van der Waals surface area contributed by atoms with Crippen molar-refractivity contribution in [1.82, 2.24) is 9.88 Å². The lowest BCUT2D eigenvalue weighted by molar-refractivity contribution is -0.118. The van der Waals surface area contributed by atoms with Crippen LogP contribution in [0.25, 0.3) is 11.1 Å². The number of carbonyl (C=O) groups excluding carboxylic acids is 1. The second-order valence-electron chi connectivity index (χ2n) is 10.3. The molecule has 1 spiro atoms. The maximum Gasteiger partial charge on any atom is 0.228 e. The molecule has 0 radical (unpaired) electrons. The zero-order valence-electron chi connectivity index (χ0n) is 22.9. The minimum absolute atomic E-state index is 0.0461. The number of ether oxygens (including phenoxy) is 3. The summed E-state index contributed by atoms with van der Waals surface area (Å²) in [7, 11) is 1.61. The minimum atomic E-state index is -0.277. The number of halogens is 1. The van der Waals surface area contributed by atoms with Crippen molar-refractivity contribution in [3.63, 3.8) is 0 Å². The minimum Gasteiger partial charge on any atom is -0.493 e. The van der Waals surface area contributed by atoms with E-state index in [0.29, 0.717) is 37.7 Å². The molecule has 5 rings (SSSR count). The Balaban J connectivity index is 1.31. The van der Waals surface area contributed by atoms with Gasteiger partial charge in [0.15, 0.2) is 11.6 Å². The number of methoxy groups -OCH3 is 1. The average Bonchev–Trinajstić information content (AvgIpc) is 3.26. The summed E-state index contributed by atoms with van der Waals surface area (Å²) >= 11 is 0. The fourth-order valence-corrected chi connectivity index (χ4v) is 5.79. The summed E-state index contributed by atoms with van der Waals surface area (Å²) in [5.41, 5.74) is 2.76. The summed E-state index contributed by atoms with van der Waals surface area (Å²) < 4.78 is 31.2. The van der Waals surface area contributed by atoms with Gasteiger partial charge in [0.25, 0.3) is 0 Å². The second-order valence-corrected chi connectivity index (χ2v) is 10.3. The summed E-state index contributed by atoms with van der Waals surface area (Å²) in [6.45, 7) is 8.16. The van der Waals surface area contributed by atoms with Crippen molar-refractivity contribution in [2.75, 3.05) is 44.9 Å². The van der Waals surface area contributed by atoms with Crippen LogP contribution in [0.15, 0.2) is 54.7 Å². The van der Waals surface area contributed by atoms with Crippen LogP contribution in [0.5, 0.6) is 17.2 Å². The molecule has 2 aliphatic rings. The highest BCUT2D eigenvalue weighted by atomic mass is 19.1. The Morgan fingerprint density at radius 1 is 0.974 bits per heavy atom. The molecule has 0 atom stereocenters. The molecule has 2 fully saturated rings. The number of benzene rings is 2. The maximum atomic E-state index is 13.6. The van der Waals surface area contributed by atoms with Gasteiger partial charge in [-0.15, -0.1) is 0 Å². The molecular weight excluding hydrogens is 497 g/mol. The van der Waals surface area contributed by atoms with E-state index in [9.17, 15) is 9.18 Å². The topological polar surface area (TPSA) is 64.1 Å². The molecule has 8 heteroatoms. The number of nitrogens with zero attached hydrogens (tertiary/aromatic N) is 3. The van der Waals surface area contributed by atoms with Gasteiger partial charge in [-0.3, -0.25) is 14.6 Å². The largest absolute Gasteiger partial charge is 0.493 e. The van der Waals surface area contributed by atoms with Gasteiger partial charge in [-0.2, -0.15) is 0 Å². The summed E-state index contributed by atoms with van der Waals surface area (Å²) in [6, 6.07) is 14.2. The third kappa shape index (κ3) is 5.71. The number of pyridine rings is 1. The quantitative estimate of drug-likeness (QED) is 0.351. The number of hydrogen-bond acceptors (Lipinski definition) is 6. The van der Waals surface area contributed by atoms with Crippen molar-refractivity contribution in [2.24, 2.45) is 5.41 Å². The van der Waals surface area contributed by atoms with Gasteiger partial charge >= 0.3 is 0 Å². The number of hydrogen-bond donors (Lipinski definition) is 0. The molecule has 0 saturated carbocycles. The standard InChI is InChI=1S/C31H36FN3O4/c1-4-38-26-17-22(18-27(39-5-2)29(26)23-8-10-24(32)11-9-23)20-34-15-12-31(13-16-34)19-28(36)35(21-31)30-25(37-3)7-6-14-33-30/h6-11,14,17-18H,4-5,12-13,15-16,19-21H2,1-3H3. The van der Waals surface area contributed by atoms with Gasteiger partial charge in [0.1, 0.15) is 17.3 Å². The first-order chi connectivity index (χ1) is 18.9. The van der Waals surface area contributed by atoms with Crippen LogP contribution >= 0.6 is 0 Å². The third-order valence-corrected chi connectivity index (χ3v) is 7.73. The molecule has 39 heavy (non-hydrogen) atoms. The van der Waals surface area contributed by atoms with Crippen molar-refractivity contribution >= 4 is 11.7 Å². The van der Waals surface area contributed by atoms with E-state index in [2.05, 4.69) is 22.0 Å². The molecule has 2 aromatic carbocycles. The van der Waals surface area contributed by atoms with Gasteiger partial charge in [0.2, 0.25) is 5.91 Å². The molecule has 7 nitrogen and oxygen atoms in total. The summed E-state index contributed by atoms with van der Waals surface area (Å²) in [5.74, 6) is 2.54. The van der Waals surface area contributed by atoms with Gasteiger partial charge < -0.3 is 14.2 Å². The van der Waals surface area contributed by atoms with Gasteiger partial charge in [0.05, 0.1) is 25.9 Å². The van der Waals surface area contributed by atoms with Gasteiger partial charge in [-0.25, -0.2) is 9.37 Å². The molecule has 0 aliphatic carbocycles. The molecular formula is C31H36FN3O4. The van der Waals surface area contributed by atoms with E-state index in [1.54, 1.807) is 30.3 Å². The molecule has 1 amide bonds. The Kier molecular flexibility index (Phi) is 8.02. The predicted octanol–water partition coefficient (Wildman–Crippen LogP) is 5.71. The van der Waals surface area contributed by atoms with Gasteiger partial charge in [-0.1, -0.05) is 12.1 Å². The highest BCUT2D eigenvalue weighted by Crippen LogP contribution is 2.45. The van der Waals surface area contributed by atoms with Crippen LogP contribution in [0, 0.1) is 11.2 Å². The lowest BCUT2D eigenvalue weighted by atomic mass is 9.77. The van der Waals surface area contributed by atoms with E-state index in [-0.39, 0.29) is 17.1 Å². The number of likely N-dealkylation sites (tertiary alicyclic amines) is 1. The van der Waals surface area contributed by atoms with Crippen LogP contribution in [0.3, 0.4) is 0 Å². The third-order valence-electron chi connectivity index (χ3n) is 7.73. The van der Waals surface area contributed by atoms with E-state index in [1.807, 2.05) is 26.0 Å². The van der Waals surface area contributed by atoms with Crippen molar-refractivity contribution in [3.8, 4) is 28.4 Å². The van der Waals surface area contributed by atoms with Crippen molar-refractivity contribution in [1.29, 1.82) is 0 Å². The Labute approximate surface area is 229 Å². The first-order valence-corrected chi connectivity index (χ1v) is 13.7. The zero-order valence-corrected chi connectivity index (χ0v) is 22.9. The lowest BCUT2D eigenvalue weighted by Gasteiger charge is -2.38.